The van der Waals surface area contributed by atoms with E-state index in [1.807, 2.05) is 0 Å². The number of carbonyl (C=O) groups excluding carboxylic acids is 2. The Morgan fingerprint density at radius 2 is 2.14 bits per heavy atom. The Morgan fingerprint density at radius 3 is 2.71 bits per heavy atom. The number of rotatable bonds is 5. The highest BCUT2D eigenvalue weighted by Gasteiger charge is 2.31. The molecule has 1 heterocycles. The van der Waals surface area contributed by atoms with E-state index in [0.717, 1.165) is 0 Å². The summed E-state index contributed by atoms with van der Waals surface area (Å²) in [7, 11) is 3.15. The second kappa shape index (κ2) is 7.82. The number of hydrogen-bond acceptors (Lipinski definition) is 4. The quantitative estimate of drug-likeness (QED) is 0.719. The maximum Gasteiger partial charge on any atom is 0.320 e. The van der Waals surface area contributed by atoms with Gasteiger partial charge in [0, 0.05) is 27.2 Å². The van der Waals surface area contributed by atoms with E-state index in [1.165, 1.54) is 9.80 Å². The average molecular weight is 301 g/mol. The van der Waals surface area contributed by atoms with Crippen molar-refractivity contribution >= 4 is 17.9 Å². The van der Waals surface area contributed by atoms with Crippen molar-refractivity contribution in [1.29, 1.82) is 0 Å². The van der Waals surface area contributed by atoms with E-state index in [9.17, 15) is 14.4 Å². The third-order valence-electron chi connectivity index (χ3n) is 3.45. The highest BCUT2D eigenvalue weighted by molar-refractivity contribution is 5.80. The maximum atomic E-state index is 12.4. The molecular formula is C13H23N3O5. The molecule has 0 aromatic carbocycles. The number of urea groups is 1. The van der Waals surface area contributed by atoms with Gasteiger partial charge in [-0.15, -0.1) is 0 Å². The van der Waals surface area contributed by atoms with Crippen molar-refractivity contribution in [3.63, 3.8) is 0 Å². The molecule has 0 spiro atoms. The highest BCUT2D eigenvalue weighted by atomic mass is 16.5. The SMILES string of the molecule is CNC(=O)C(C)CN(C)C(=O)N1CCOCC1CC(=O)O. The van der Waals surface area contributed by atoms with Crippen molar-refractivity contribution in [1.82, 2.24) is 15.1 Å². The number of carboxylic acid groups (broad SMARTS) is 1. The zero-order valence-corrected chi connectivity index (χ0v) is 12.7. The minimum Gasteiger partial charge on any atom is -0.481 e. The van der Waals surface area contributed by atoms with E-state index in [4.69, 9.17) is 9.84 Å². The largest absolute Gasteiger partial charge is 0.481 e. The fourth-order valence-corrected chi connectivity index (χ4v) is 2.31. The summed E-state index contributed by atoms with van der Waals surface area (Å²) in [5, 5.41) is 11.4. The molecule has 0 aromatic rings. The Kier molecular flexibility index (Phi) is 6.41. The van der Waals surface area contributed by atoms with Crippen LogP contribution in [0.25, 0.3) is 0 Å². The van der Waals surface area contributed by atoms with Gasteiger partial charge in [0.05, 0.1) is 31.6 Å². The number of carbonyl (C=O) groups is 3. The van der Waals surface area contributed by atoms with Gasteiger partial charge in [0.15, 0.2) is 0 Å². The first-order chi connectivity index (χ1) is 9.86. The standard InChI is InChI=1S/C13H23N3O5/c1-9(12(19)14-2)7-15(3)13(20)16-4-5-21-8-10(16)6-11(17)18/h9-10H,4-8H2,1-3H3,(H,14,19)(H,17,18). The lowest BCUT2D eigenvalue weighted by atomic mass is 10.1. The predicted molar refractivity (Wildman–Crippen MR) is 74.8 cm³/mol. The molecule has 0 aromatic heterocycles. The summed E-state index contributed by atoms with van der Waals surface area (Å²) in [6, 6.07) is -0.748. The van der Waals surface area contributed by atoms with Crippen LogP contribution in [0, 0.1) is 5.92 Å². The van der Waals surface area contributed by atoms with Crippen LogP contribution in [0.4, 0.5) is 4.79 Å². The number of nitrogens with zero attached hydrogens (tertiary/aromatic N) is 2. The molecule has 2 unspecified atom stereocenters. The summed E-state index contributed by atoms with van der Waals surface area (Å²) in [4.78, 5) is 37.7. The van der Waals surface area contributed by atoms with Crippen LogP contribution in [-0.4, -0.2) is 79.3 Å². The molecular weight excluding hydrogens is 278 g/mol. The molecule has 3 amide bonds. The minimum atomic E-state index is -0.968. The zero-order valence-electron chi connectivity index (χ0n) is 12.7. The molecule has 120 valence electrons. The van der Waals surface area contributed by atoms with E-state index in [-0.39, 0.29) is 37.4 Å². The van der Waals surface area contributed by atoms with Crippen LogP contribution >= 0.6 is 0 Å². The van der Waals surface area contributed by atoms with Crippen molar-refractivity contribution in [2.75, 3.05) is 40.4 Å². The molecule has 1 fully saturated rings. The Labute approximate surface area is 124 Å². The Hall–Kier alpha value is -1.83. The Balaban J connectivity index is 2.65. The first-order valence-electron chi connectivity index (χ1n) is 6.89. The minimum absolute atomic E-state index is 0.140. The van der Waals surface area contributed by atoms with Gasteiger partial charge in [-0.2, -0.15) is 0 Å². The molecule has 1 saturated heterocycles. The van der Waals surface area contributed by atoms with Crippen molar-refractivity contribution in [3.05, 3.63) is 0 Å². The zero-order chi connectivity index (χ0) is 16.0. The second-order valence-corrected chi connectivity index (χ2v) is 5.20. The van der Waals surface area contributed by atoms with Crippen molar-refractivity contribution in [2.45, 2.75) is 19.4 Å². The molecule has 8 heteroatoms. The predicted octanol–water partition coefficient (Wildman–Crippen LogP) is -0.404. The number of amides is 3. The number of ether oxygens (including phenoxy) is 1. The van der Waals surface area contributed by atoms with Gasteiger partial charge in [-0.25, -0.2) is 4.79 Å². The summed E-state index contributed by atoms with van der Waals surface area (Å²) in [5.41, 5.74) is 0. The molecule has 0 radical (unpaired) electrons. The monoisotopic (exact) mass is 301 g/mol. The first-order valence-corrected chi connectivity index (χ1v) is 6.89. The van der Waals surface area contributed by atoms with Crippen molar-refractivity contribution in [2.24, 2.45) is 5.92 Å². The van der Waals surface area contributed by atoms with Crippen molar-refractivity contribution in [3.8, 4) is 0 Å². The van der Waals surface area contributed by atoms with Gasteiger partial charge in [0.1, 0.15) is 0 Å². The van der Waals surface area contributed by atoms with Crippen LogP contribution in [0.3, 0.4) is 0 Å². The molecule has 8 nitrogen and oxygen atoms in total. The van der Waals surface area contributed by atoms with E-state index in [0.29, 0.717) is 13.2 Å². The van der Waals surface area contributed by atoms with Gasteiger partial charge in [0.2, 0.25) is 5.91 Å². The van der Waals surface area contributed by atoms with Crippen LogP contribution in [0.2, 0.25) is 0 Å². The lowest BCUT2D eigenvalue weighted by Crippen LogP contribution is -2.54. The molecule has 2 atom stereocenters. The summed E-state index contributed by atoms with van der Waals surface area (Å²) in [5.74, 6) is -1.44. The number of morpholine rings is 1. The molecule has 0 aliphatic carbocycles. The van der Waals surface area contributed by atoms with Gasteiger partial charge in [0.25, 0.3) is 0 Å². The van der Waals surface area contributed by atoms with E-state index in [2.05, 4.69) is 5.32 Å². The summed E-state index contributed by atoms with van der Waals surface area (Å²) in [6.07, 6.45) is -0.148. The van der Waals surface area contributed by atoms with Gasteiger partial charge in [-0.05, 0) is 0 Å². The smallest absolute Gasteiger partial charge is 0.320 e. The molecule has 1 aliphatic rings. The fraction of sp³-hybridized carbons (Fsp3) is 0.769. The van der Waals surface area contributed by atoms with Gasteiger partial charge in [-0.1, -0.05) is 6.92 Å². The Morgan fingerprint density at radius 1 is 1.48 bits per heavy atom. The van der Waals surface area contributed by atoms with E-state index < -0.39 is 12.0 Å². The summed E-state index contributed by atoms with van der Waals surface area (Å²) < 4.78 is 5.24. The van der Waals surface area contributed by atoms with Crippen LogP contribution in [-0.2, 0) is 14.3 Å². The highest BCUT2D eigenvalue weighted by Crippen LogP contribution is 2.14. The van der Waals surface area contributed by atoms with Gasteiger partial charge in [-0.3, -0.25) is 9.59 Å². The molecule has 2 N–H and O–H groups in total. The molecule has 1 aliphatic heterocycles. The lowest BCUT2D eigenvalue weighted by Gasteiger charge is -2.37. The van der Waals surface area contributed by atoms with Crippen LogP contribution in [0.5, 0.6) is 0 Å². The van der Waals surface area contributed by atoms with E-state index >= 15 is 0 Å². The number of hydrogen-bond donors (Lipinski definition) is 2. The van der Waals surface area contributed by atoms with Gasteiger partial charge < -0.3 is 25.0 Å². The second-order valence-electron chi connectivity index (χ2n) is 5.20. The van der Waals surface area contributed by atoms with Crippen LogP contribution < -0.4 is 5.32 Å². The molecule has 1 rings (SSSR count). The third kappa shape index (κ3) is 4.89. The van der Waals surface area contributed by atoms with Crippen molar-refractivity contribution < 1.29 is 24.2 Å². The Bertz CT molecular complexity index is 401. The maximum absolute atomic E-state index is 12.4. The number of aliphatic carboxylic acids is 1. The average Bonchev–Trinajstić information content (AvgIpc) is 2.45. The lowest BCUT2D eigenvalue weighted by molar-refractivity contribution is -0.139. The normalized spacial score (nSPS) is 19.8. The topological polar surface area (TPSA) is 99.2 Å². The molecule has 0 bridgehead atoms. The third-order valence-corrected chi connectivity index (χ3v) is 3.45. The number of carboxylic acids is 1. The molecule has 0 saturated carbocycles. The first kappa shape index (κ1) is 17.2. The fourth-order valence-electron chi connectivity index (χ4n) is 2.31. The summed E-state index contributed by atoms with van der Waals surface area (Å²) in [6.45, 7) is 2.97. The van der Waals surface area contributed by atoms with Gasteiger partial charge >= 0.3 is 12.0 Å². The molecule has 21 heavy (non-hydrogen) atoms. The van der Waals surface area contributed by atoms with Crippen LogP contribution in [0.1, 0.15) is 13.3 Å². The summed E-state index contributed by atoms with van der Waals surface area (Å²) >= 11 is 0. The van der Waals surface area contributed by atoms with E-state index in [1.54, 1.807) is 21.0 Å². The number of nitrogens with one attached hydrogen (secondary N) is 1. The van der Waals surface area contributed by atoms with Crippen LogP contribution in [0.15, 0.2) is 0 Å².